The Hall–Kier alpha value is -2.01. The maximum Gasteiger partial charge on any atom is 0.211 e. The molecule has 0 aliphatic carbocycles. The third-order valence-corrected chi connectivity index (χ3v) is 8.19. The first-order chi connectivity index (χ1) is 16.1. The van der Waals surface area contributed by atoms with E-state index in [1.807, 2.05) is 24.3 Å². The molecule has 0 fully saturated rings. The monoisotopic (exact) mass is 472 g/mol. The van der Waals surface area contributed by atoms with Gasteiger partial charge in [0.1, 0.15) is 4.90 Å². The molecule has 0 amide bonds. The summed E-state index contributed by atoms with van der Waals surface area (Å²) in [6.07, 6.45) is 14.0. The minimum absolute atomic E-state index is 0.273. The van der Waals surface area contributed by atoms with Crippen LogP contribution in [0.4, 0.5) is 0 Å². The third-order valence-electron chi connectivity index (χ3n) is 6.31. The maximum atomic E-state index is 13.4. The van der Waals surface area contributed by atoms with Crippen LogP contribution in [0.15, 0.2) is 46.2 Å². The third kappa shape index (κ3) is 6.53. The highest BCUT2D eigenvalue weighted by atomic mass is 32.2. The van der Waals surface area contributed by atoms with Gasteiger partial charge in [-0.1, -0.05) is 96.3 Å². The molecule has 0 spiro atoms. The van der Waals surface area contributed by atoms with Crippen molar-refractivity contribution in [2.75, 3.05) is 13.2 Å². The average Bonchev–Trinajstić information content (AvgIpc) is 3.06. The van der Waals surface area contributed by atoms with E-state index in [-0.39, 0.29) is 4.90 Å². The molecule has 0 aromatic heterocycles. The van der Waals surface area contributed by atoms with Crippen molar-refractivity contribution in [1.82, 2.24) is 0 Å². The van der Waals surface area contributed by atoms with E-state index in [0.29, 0.717) is 29.6 Å². The fourth-order valence-corrected chi connectivity index (χ4v) is 6.24. The van der Waals surface area contributed by atoms with Gasteiger partial charge in [-0.05, 0) is 31.0 Å². The number of hydrogen-bond acceptors (Lipinski definition) is 4. The second-order valence-electron chi connectivity index (χ2n) is 9.00. The van der Waals surface area contributed by atoms with E-state index >= 15 is 0 Å². The summed E-state index contributed by atoms with van der Waals surface area (Å²) in [7, 11) is -3.62. The van der Waals surface area contributed by atoms with Gasteiger partial charge in [0.2, 0.25) is 9.84 Å². The van der Waals surface area contributed by atoms with E-state index in [2.05, 4.69) is 13.8 Å². The smallest absolute Gasteiger partial charge is 0.211 e. The number of sulfone groups is 1. The molecule has 1 aliphatic heterocycles. The summed E-state index contributed by atoms with van der Waals surface area (Å²) in [6.45, 7) is 5.51. The number of hydrogen-bond donors (Lipinski definition) is 0. The van der Waals surface area contributed by atoms with Crippen molar-refractivity contribution < 1.29 is 17.9 Å². The van der Waals surface area contributed by atoms with Crippen LogP contribution >= 0.6 is 0 Å². The first kappa shape index (κ1) is 25.6. The second kappa shape index (κ2) is 13.0. The summed E-state index contributed by atoms with van der Waals surface area (Å²) in [4.78, 5) is 0.632. The Kier molecular flexibility index (Phi) is 10.1. The fraction of sp³-hybridized carbons (Fsp3) is 0.571. The lowest BCUT2D eigenvalue weighted by atomic mass is 10.1. The van der Waals surface area contributed by atoms with Crippen molar-refractivity contribution in [1.29, 1.82) is 0 Å². The van der Waals surface area contributed by atoms with Crippen molar-refractivity contribution in [2.45, 2.75) is 101 Å². The first-order valence-electron chi connectivity index (χ1n) is 12.9. The highest BCUT2D eigenvalue weighted by Gasteiger charge is 2.37. The molecule has 3 rings (SSSR count). The lowest BCUT2D eigenvalue weighted by molar-refractivity contribution is 0.253. The summed E-state index contributed by atoms with van der Waals surface area (Å²) in [5.74, 6) is 0.938. The van der Waals surface area contributed by atoms with Gasteiger partial charge < -0.3 is 9.47 Å². The van der Waals surface area contributed by atoms with Crippen molar-refractivity contribution in [3.63, 3.8) is 0 Å². The summed E-state index contributed by atoms with van der Waals surface area (Å²) in [5, 5.41) is 0. The molecule has 0 radical (unpaired) electrons. The van der Waals surface area contributed by atoms with Gasteiger partial charge in [0.15, 0.2) is 11.5 Å². The van der Waals surface area contributed by atoms with Crippen LogP contribution in [0, 0.1) is 0 Å². The molecule has 182 valence electrons. The van der Waals surface area contributed by atoms with E-state index in [1.54, 1.807) is 12.1 Å². The highest BCUT2D eigenvalue weighted by molar-refractivity contribution is 7.92. The molecule has 4 nitrogen and oxygen atoms in total. The number of fused-ring (bicyclic) bond motifs is 3. The molecular weight excluding hydrogens is 432 g/mol. The molecule has 0 atom stereocenters. The molecule has 0 saturated heterocycles. The van der Waals surface area contributed by atoms with Crippen LogP contribution in [0.25, 0.3) is 11.1 Å². The van der Waals surface area contributed by atoms with Crippen molar-refractivity contribution >= 4 is 9.84 Å². The topological polar surface area (TPSA) is 52.6 Å². The molecule has 0 unspecified atom stereocenters. The number of rotatable bonds is 16. The maximum absolute atomic E-state index is 13.4. The summed E-state index contributed by atoms with van der Waals surface area (Å²) in [5.41, 5.74) is 1.47. The Morgan fingerprint density at radius 2 is 1.21 bits per heavy atom. The van der Waals surface area contributed by atoms with Crippen LogP contribution < -0.4 is 9.47 Å². The molecule has 2 aromatic rings. The Bertz CT molecular complexity index is 981. The SMILES string of the molecule is CCCCCCCCOc1ccc2c(c1OCCCCCCCC)S(=O)(=O)c1ccccc1-2. The minimum atomic E-state index is -3.62. The van der Waals surface area contributed by atoms with Crippen LogP contribution in [0.5, 0.6) is 11.5 Å². The predicted molar refractivity (Wildman–Crippen MR) is 135 cm³/mol. The zero-order chi connectivity index (χ0) is 23.5. The quantitative estimate of drug-likeness (QED) is 0.198. The Balaban J connectivity index is 1.72. The van der Waals surface area contributed by atoms with Crippen molar-refractivity contribution in [2.24, 2.45) is 0 Å². The molecule has 0 N–H and O–H groups in total. The molecule has 1 heterocycles. The first-order valence-corrected chi connectivity index (χ1v) is 14.4. The predicted octanol–water partition coefficient (Wildman–Crippen LogP) is 7.98. The zero-order valence-electron chi connectivity index (χ0n) is 20.4. The van der Waals surface area contributed by atoms with Crippen LogP contribution in [0.1, 0.15) is 90.9 Å². The molecule has 0 bridgehead atoms. The van der Waals surface area contributed by atoms with Gasteiger partial charge in [0, 0.05) is 11.1 Å². The van der Waals surface area contributed by atoms with E-state index in [9.17, 15) is 8.42 Å². The molecule has 5 heteroatoms. The normalized spacial score (nSPS) is 13.5. The van der Waals surface area contributed by atoms with Gasteiger partial charge in [-0.3, -0.25) is 0 Å². The molecule has 1 aliphatic rings. The Morgan fingerprint density at radius 1 is 0.636 bits per heavy atom. The average molecular weight is 473 g/mol. The van der Waals surface area contributed by atoms with Gasteiger partial charge >= 0.3 is 0 Å². The van der Waals surface area contributed by atoms with Crippen LogP contribution in [0.2, 0.25) is 0 Å². The molecule has 33 heavy (non-hydrogen) atoms. The number of benzene rings is 2. The highest BCUT2D eigenvalue weighted by Crippen LogP contribution is 2.50. The van der Waals surface area contributed by atoms with E-state index in [0.717, 1.165) is 36.8 Å². The second-order valence-corrected chi connectivity index (χ2v) is 10.9. The minimum Gasteiger partial charge on any atom is -0.490 e. The summed E-state index contributed by atoms with van der Waals surface area (Å²) in [6, 6.07) is 10.9. The van der Waals surface area contributed by atoms with Gasteiger partial charge in [-0.2, -0.15) is 0 Å². The van der Waals surface area contributed by atoms with Crippen LogP contribution in [-0.4, -0.2) is 21.6 Å². The standard InChI is InChI=1S/C28H40O4S/c1-3-5-7-9-11-15-21-31-25-20-19-24-23-17-13-14-18-26(23)33(29,30)28(24)27(25)32-22-16-12-10-8-6-4-2/h13-14,17-20H,3-12,15-16,21-22H2,1-2H3. The molecular formula is C28H40O4S. The number of ether oxygens (including phenoxy) is 2. The summed E-state index contributed by atoms with van der Waals surface area (Å²) >= 11 is 0. The van der Waals surface area contributed by atoms with E-state index < -0.39 is 9.84 Å². The Morgan fingerprint density at radius 3 is 1.88 bits per heavy atom. The Labute approximate surface area is 200 Å². The van der Waals surface area contributed by atoms with Crippen LogP contribution in [-0.2, 0) is 9.84 Å². The zero-order valence-corrected chi connectivity index (χ0v) is 21.2. The lowest BCUT2D eigenvalue weighted by Crippen LogP contribution is -2.07. The van der Waals surface area contributed by atoms with Crippen molar-refractivity contribution in [3.05, 3.63) is 36.4 Å². The molecule has 0 saturated carbocycles. The van der Waals surface area contributed by atoms with Gasteiger partial charge in [-0.25, -0.2) is 8.42 Å². The van der Waals surface area contributed by atoms with Crippen LogP contribution in [0.3, 0.4) is 0 Å². The van der Waals surface area contributed by atoms with Gasteiger partial charge in [-0.15, -0.1) is 0 Å². The van der Waals surface area contributed by atoms with Crippen molar-refractivity contribution in [3.8, 4) is 22.6 Å². The lowest BCUT2D eigenvalue weighted by Gasteiger charge is -2.16. The molecule has 2 aromatic carbocycles. The number of unbranched alkanes of at least 4 members (excludes halogenated alkanes) is 10. The fourth-order valence-electron chi connectivity index (χ4n) is 4.43. The summed E-state index contributed by atoms with van der Waals surface area (Å²) < 4.78 is 39.0. The van der Waals surface area contributed by atoms with E-state index in [4.69, 9.17) is 9.47 Å². The van der Waals surface area contributed by atoms with Gasteiger partial charge in [0.05, 0.1) is 18.1 Å². The van der Waals surface area contributed by atoms with Gasteiger partial charge in [0.25, 0.3) is 0 Å². The largest absolute Gasteiger partial charge is 0.490 e. The van der Waals surface area contributed by atoms with E-state index in [1.165, 1.54) is 51.4 Å².